The number of nitrogens with zero attached hydrogens (tertiary/aromatic N) is 6. The quantitative estimate of drug-likeness (QED) is 0.0878. The summed E-state index contributed by atoms with van der Waals surface area (Å²) in [5.41, 5.74) is 3.74. The molecule has 1 atom stereocenters. The van der Waals surface area contributed by atoms with Gasteiger partial charge in [0.2, 0.25) is 0 Å². The van der Waals surface area contributed by atoms with Gasteiger partial charge in [-0.3, -0.25) is 15.0 Å². The Morgan fingerprint density at radius 3 is 1.28 bits per heavy atom. The Morgan fingerprint density at radius 1 is 0.580 bits per heavy atom. The highest BCUT2D eigenvalue weighted by atomic mass is 35.7. The van der Waals surface area contributed by atoms with Crippen molar-refractivity contribution in [3.05, 3.63) is 0 Å². The van der Waals surface area contributed by atoms with Gasteiger partial charge in [-0.15, -0.1) is 139 Å². The monoisotopic (exact) mass is 1030 g/mol. The van der Waals surface area contributed by atoms with Crippen molar-refractivity contribution in [3.63, 3.8) is 0 Å². The lowest BCUT2D eigenvalue weighted by atomic mass is 10.1. The van der Waals surface area contributed by atoms with E-state index in [1.165, 1.54) is 0 Å². The van der Waals surface area contributed by atoms with E-state index in [0.717, 1.165) is 0 Å². The standard InChI is InChI=1S/C13H25Cl4N3Si2.C8H16Cl4N2Si2.C4H3Cl4NSi2.CH4/c1-12(2,3)19-8-11(21(14,15)9-18-7)22(16,17)10-20-13(4,5)6;1-8(2,3)14-6-16(11,12)7-15(9,10)5-13-4;1-2-10(5,6)4-11(7,8)3-9;/h8-11H,1-7H3;5-6H,7H2,1-4H3;1H,4H2;1H4. The summed E-state index contributed by atoms with van der Waals surface area (Å²) in [4.78, 5) is 21.0. The molecule has 0 heterocycles. The number of nitriles is 1. The summed E-state index contributed by atoms with van der Waals surface area (Å²) >= 11 is 73.6. The van der Waals surface area contributed by atoms with Gasteiger partial charge in [0.15, 0.2) is 0 Å². The largest absolute Gasteiger partial charge is 0.357 e. The molecule has 0 aromatic carbocycles. The van der Waals surface area contributed by atoms with Crippen molar-refractivity contribution in [2.45, 2.75) is 103 Å². The van der Waals surface area contributed by atoms with E-state index in [1.54, 1.807) is 49.4 Å². The van der Waals surface area contributed by atoms with Crippen LogP contribution in [0.5, 0.6) is 0 Å². The van der Waals surface area contributed by atoms with Crippen molar-refractivity contribution < 1.29 is 0 Å². The van der Waals surface area contributed by atoms with E-state index < -0.39 is 45.3 Å². The number of hydrogen-bond donors (Lipinski definition) is 0. The third-order valence-corrected chi connectivity index (χ3v) is 37.7. The molecule has 0 aliphatic carbocycles. The first-order valence-corrected chi connectivity index (χ1v) is 39.6. The fourth-order valence-electron chi connectivity index (χ4n) is 2.62. The summed E-state index contributed by atoms with van der Waals surface area (Å²) < 4.78 is 0. The maximum atomic E-state index is 8.44. The molecule has 0 aliphatic heterocycles. The molecule has 50 heavy (non-hydrogen) atoms. The molecular weight excluding hydrogens is 990 g/mol. The van der Waals surface area contributed by atoms with Crippen LogP contribution in [0.3, 0.4) is 0 Å². The minimum Gasteiger partial charge on any atom is -0.303 e. The van der Waals surface area contributed by atoms with Crippen LogP contribution in [0, 0.1) is 22.9 Å². The highest BCUT2D eigenvalue weighted by Crippen LogP contribution is 2.39. The van der Waals surface area contributed by atoms with Crippen molar-refractivity contribution in [2.24, 2.45) is 25.0 Å². The van der Waals surface area contributed by atoms with Crippen molar-refractivity contribution in [2.75, 3.05) is 14.1 Å². The van der Waals surface area contributed by atoms with Crippen LogP contribution in [-0.4, -0.2) is 100 Å². The van der Waals surface area contributed by atoms with Crippen LogP contribution in [0.2, 0.25) is 16.5 Å². The van der Waals surface area contributed by atoms with Gasteiger partial charge in [-0.25, -0.2) is 5.26 Å². The van der Waals surface area contributed by atoms with Crippen LogP contribution in [0.4, 0.5) is 0 Å². The molecule has 1 unspecified atom stereocenters. The summed E-state index contributed by atoms with van der Waals surface area (Å²) in [5, 5.41) is 7.99. The Balaban J connectivity index is -0.000000333. The number of hydrogen-bond acceptors (Lipinski definition) is 6. The molecule has 0 rings (SSSR count). The lowest BCUT2D eigenvalue weighted by Gasteiger charge is -2.29. The van der Waals surface area contributed by atoms with Crippen molar-refractivity contribution >= 4 is 203 Å². The molecule has 290 valence electrons. The zero-order valence-corrected chi connectivity index (χ0v) is 44.2. The van der Waals surface area contributed by atoms with Crippen molar-refractivity contribution in [3.8, 4) is 17.7 Å². The molecule has 24 heteroatoms. The van der Waals surface area contributed by atoms with Crippen molar-refractivity contribution in [1.29, 1.82) is 5.26 Å². The molecule has 0 spiro atoms. The van der Waals surface area contributed by atoms with Gasteiger partial charge in [0.1, 0.15) is 0 Å². The Kier molecular flexibility index (Phi) is 28.3. The first-order valence-electron chi connectivity index (χ1n) is 14.1. The second kappa shape index (κ2) is 24.1. The van der Waals surface area contributed by atoms with Gasteiger partial charge in [-0.1, -0.05) is 13.0 Å². The average Bonchev–Trinajstić information content (AvgIpc) is 2.84. The van der Waals surface area contributed by atoms with Gasteiger partial charge in [0.05, 0.1) is 22.3 Å². The number of halogens is 12. The Bertz CT molecular complexity index is 1230. The van der Waals surface area contributed by atoms with Crippen LogP contribution < -0.4 is 0 Å². The van der Waals surface area contributed by atoms with E-state index in [1.807, 2.05) is 62.3 Å². The summed E-state index contributed by atoms with van der Waals surface area (Å²) in [6.07, 6.45) is 6.71. The molecule has 0 bridgehead atoms. The highest BCUT2D eigenvalue weighted by molar-refractivity contribution is 7.69. The van der Waals surface area contributed by atoms with Crippen LogP contribution in [0.15, 0.2) is 25.0 Å². The molecule has 0 saturated heterocycles. The first kappa shape index (κ1) is 58.9. The molecule has 0 aromatic rings. The zero-order valence-electron chi connectivity index (χ0n) is 29.2. The van der Waals surface area contributed by atoms with Gasteiger partial charge in [-0.05, 0) is 62.3 Å². The summed E-state index contributed by atoms with van der Waals surface area (Å²) in [6.45, 7) is 0.904. The molecule has 0 amide bonds. The van der Waals surface area contributed by atoms with E-state index in [4.69, 9.17) is 145 Å². The van der Waals surface area contributed by atoms with Crippen LogP contribution >= 0.6 is 133 Å². The zero-order chi connectivity index (χ0) is 40.0. The summed E-state index contributed by atoms with van der Waals surface area (Å²) in [6, 6.07) is 0. The van der Waals surface area contributed by atoms with Gasteiger partial charge >= 0.3 is 13.4 Å². The number of terminal acetylenes is 1. The lowest BCUT2D eigenvalue weighted by Crippen LogP contribution is -2.46. The van der Waals surface area contributed by atoms with Gasteiger partial charge in [0.25, 0.3) is 26.8 Å². The maximum absolute atomic E-state index is 8.44. The lowest BCUT2D eigenvalue weighted by molar-refractivity contribution is 0.585. The van der Waals surface area contributed by atoms with Crippen LogP contribution in [0.1, 0.15) is 69.7 Å². The van der Waals surface area contributed by atoms with E-state index >= 15 is 0 Å². The fourth-order valence-corrected chi connectivity index (χ4v) is 44.4. The van der Waals surface area contributed by atoms with E-state index in [0.29, 0.717) is 5.67 Å². The molecule has 0 saturated carbocycles. The fraction of sp³-hybridized carbons (Fsp3) is 0.692. The highest BCUT2D eigenvalue weighted by Gasteiger charge is 2.51. The second-order valence-electron chi connectivity index (χ2n) is 13.4. The molecule has 6 nitrogen and oxygen atoms in total. The van der Waals surface area contributed by atoms with Crippen LogP contribution in [-0.2, 0) is 0 Å². The maximum Gasteiger partial charge on any atom is 0.357 e. The van der Waals surface area contributed by atoms with Crippen LogP contribution in [0.25, 0.3) is 0 Å². The number of rotatable bonds is 11. The molecule has 0 radical (unpaired) electrons. The van der Waals surface area contributed by atoms with E-state index in [-0.39, 0.29) is 29.7 Å². The molecule has 0 aromatic heterocycles. The first-order chi connectivity index (χ1) is 21.4. The Labute approximate surface area is 363 Å². The second-order valence-corrected chi connectivity index (χ2v) is 55.0. The minimum atomic E-state index is -3.00. The SMILES string of the molecule is C.C#C[Si](Cl)(Cl)C[Si](Cl)(Cl)C#N.CN=C[Si](Cl)(Cl)C(C=NC(C)(C)C)[Si](Cl)(Cl)C=NC(C)(C)C.CN=C[Si](Cl)(Cl)C[Si](Cl)(Cl)C=NC(C)(C)C. The Morgan fingerprint density at radius 2 is 0.940 bits per heavy atom. The predicted molar refractivity (Wildman–Crippen MR) is 253 cm³/mol. The third kappa shape index (κ3) is 33.5. The minimum absolute atomic E-state index is 0. The molecule has 0 aliphatic rings. The van der Waals surface area contributed by atoms with Gasteiger partial charge in [-0.2, -0.15) is 0 Å². The Hall–Kier alpha value is 2.18. The average molecular weight is 1040 g/mol. The molecule has 0 fully saturated rings. The normalized spacial score (nSPS) is 15.0. The number of aliphatic imine (C=N–C) groups is 5. The van der Waals surface area contributed by atoms with E-state index in [9.17, 15) is 0 Å². The molecular formula is C26H48Cl12N6Si6. The molecule has 0 N–H and O–H groups in total. The topological polar surface area (TPSA) is 85.6 Å². The third-order valence-electron chi connectivity index (χ3n) is 4.61. The predicted octanol–water partition coefficient (Wildman–Crippen LogP) is 12.5. The van der Waals surface area contributed by atoms with Crippen molar-refractivity contribution in [1.82, 2.24) is 0 Å². The summed E-state index contributed by atoms with van der Waals surface area (Å²) in [5.74, 6) is 6.39. The van der Waals surface area contributed by atoms with Gasteiger partial charge in [0, 0.05) is 60.2 Å². The smallest absolute Gasteiger partial charge is 0.303 e. The van der Waals surface area contributed by atoms with E-state index in [2.05, 4.69) is 30.5 Å². The van der Waals surface area contributed by atoms with Gasteiger partial charge < -0.3 is 9.98 Å². The summed E-state index contributed by atoms with van der Waals surface area (Å²) in [7, 11) is 3.25.